The molecule has 2 rings (SSSR count). The molecule has 1 aromatic carbocycles. The third-order valence-electron chi connectivity index (χ3n) is 3.42. The molecule has 0 radical (unpaired) electrons. The number of aromatic nitrogens is 1. The van der Waals surface area contributed by atoms with Gasteiger partial charge in [0.05, 0.1) is 12.2 Å². The normalized spacial score (nSPS) is 11.1. The van der Waals surface area contributed by atoms with Crippen LogP contribution in [0.5, 0.6) is 5.75 Å². The van der Waals surface area contributed by atoms with Crippen molar-refractivity contribution in [2.45, 2.75) is 40.0 Å². The molecule has 1 amide bonds. The first-order valence-electron chi connectivity index (χ1n) is 8.29. The molecule has 7 heteroatoms. The largest absolute Gasteiger partial charge is 0.486 e. The van der Waals surface area contributed by atoms with Gasteiger partial charge in [-0.1, -0.05) is 6.92 Å². The molecule has 0 fully saturated rings. The van der Waals surface area contributed by atoms with Gasteiger partial charge in [0.15, 0.2) is 0 Å². The van der Waals surface area contributed by atoms with Gasteiger partial charge in [0, 0.05) is 18.0 Å². The van der Waals surface area contributed by atoms with Crippen LogP contribution in [0.15, 0.2) is 29.6 Å². The summed E-state index contributed by atoms with van der Waals surface area (Å²) in [5.74, 6) is 0.343. The minimum absolute atomic E-state index is 0.0203. The number of ether oxygens (including phenoxy) is 1. The molecule has 0 atom stereocenters. The second-order valence-corrected chi connectivity index (χ2v) is 6.94. The van der Waals surface area contributed by atoms with Crippen LogP contribution in [0.3, 0.4) is 0 Å². The number of carbonyl (C=O) groups excluding carboxylic acids is 1. The second kappa shape index (κ2) is 9.48. The predicted molar refractivity (Wildman–Crippen MR) is 97.1 cm³/mol. The van der Waals surface area contributed by atoms with Gasteiger partial charge in [0.2, 0.25) is 5.91 Å². The molecule has 0 spiro atoms. The number of nitrogens with one attached hydrogen (secondary N) is 1. The molecular formula is C18H24FN3O2S. The Bertz CT molecular complexity index is 673. The van der Waals surface area contributed by atoms with Crippen molar-refractivity contribution in [1.29, 1.82) is 0 Å². The van der Waals surface area contributed by atoms with Crippen molar-refractivity contribution in [3.8, 4) is 5.75 Å². The fourth-order valence-corrected chi connectivity index (χ4v) is 2.94. The van der Waals surface area contributed by atoms with E-state index < -0.39 is 0 Å². The van der Waals surface area contributed by atoms with Crippen LogP contribution in [0.25, 0.3) is 0 Å². The summed E-state index contributed by atoms with van der Waals surface area (Å²) >= 11 is 1.52. The summed E-state index contributed by atoms with van der Waals surface area (Å²) in [7, 11) is 0. The van der Waals surface area contributed by atoms with Crippen LogP contribution >= 0.6 is 11.3 Å². The van der Waals surface area contributed by atoms with Crippen molar-refractivity contribution in [2.75, 3.05) is 13.1 Å². The van der Waals surface area contributed by atoms with Crippen molar-refractivity contribution in [3.05, 3.63) is 46.2 Å². The molecule has 1 heterocycles. The van der Waals surface area contributed by atoms with Crippen LogP contribution in [0, 0.1) is 5.82 Å². The Morgan fingerprint density at radius 1 is 1.36 bits per heavy atom. The van der Waals surface area contributed by atoms with E-state index in [1.54, 1.807) is 12.1 Å². The third kappa shape index (κ3) is 6.80. The van der Waals surface area contributed by atoms with Crippen molar-refractivity contribution in [3.63, 3.8) is 0 Å². The van der Waals surface area contributed by atoms with Crippen LogP contribution < -0.4 is 10.1 Å². The number of halogens is 1. The van der Waals surface area contributed by atoms with E-state index in [2.05, 4.69) is 10.3 Å². The number of amides is 1. The lowest BCUT2D eigenvalue weighted by Gasteiger charge is -2.19. The standard InChI is InChI=1S/C18H24FN3O2S/c1-4-22(10-17(23)20-13(2)3)9-15-12-25-18(21-15)11-24-16-7-5-14(19)6-8-16/h5-8,12-13H,4,9-11H2,1-3H3,(H,20,23). The van der Waals surface area contributed by atoms with E-state index in [1.807, 2.05) is 31.1 Å². The first kappa shape index (κ1) is 19.3. The van der Waals surface area contributed by atoms with Crippen molar-refractivity contribution in [2.24, 2.45) is 0 Å². The molecule has 25 heavy (non-hydrogen) atoms. The molecule has 5 nitrogen and oxygen atoms in total. The van der Waals surface area contributed by atoms with E-state index in [1.165, 1.54) is 23.5 Å². The van der Waals surface area contributed by atoms with Crippen LogP contribution in [0.2, 0.25) is 0 Å². The van der Waals surface area contributed by atoms with E-state index in [0.717, 1.165) is 17.2 Å². The molecule has 0 saturated carbocycles. The monoisotopic (exact) mass is 365 g/mol. The molecule has 136 valence electrons. The summed E-state index contributed by atoms with van der Waals surface area (Å²) in [6.07, 6.45) is 0. The molecule has 0 unspecified atom stereocenters. The lowest BCUT2D eigenvalue weighted by molar-refractivity contribution is -0.122. The van der Waals surface area contributed by atoms with Gasteiger partial charge in [-0.3, -0.25) is 9.69 Å². The summed E-state index contributed by atoms with van der Waals surface area (Å²) in [5, 5.41) is 5.72. The highest BCUT2D eigenvalue weighted by Gasteiger charge is 2.12. The van der Waals surface area contributed by atoms with E-state index >= 15 is 0 Å². The maximum atomic E-state index is 12.9. The summed E-state index contributed by atoms with van der Waals surface area (Å²) in [6, 6.07) is 6.06. The second-order valence-electron chi connectivity index (χ2n) is 6.00. The van der Waals surface area contributed by atoms with Crippen LogP contribution in [0.1, 0.15) is 31.5 Å². The van der Waals surface area contributed by atoms with E-state index in [4.69, 9.17) is 4.74 Å². The summed E-state index contributed by atoms with van der Waals surface area (Å²) in [5.41, 5.74) is 0.918. The highest BCUT2D eigenvalue weighted by atomic mass is 32.1. The Kier molecular flexibility index (Phi) is 7.33. The first-order valence-corrected chi connectivity index (χ1v) is 9.17. The zero-order valence-electron chi connectivity index (χ0n) is 14.8. The zero-order valence-corrected chi connectivity index (χ0v) is 15.6. The average Bonchev–Trinajstić information content (AvgIpc) is 3.00. The van der Waals surface area contributed by atoms with Gasteiger partial charge in [-0.25, -0.2) is 9.37 Å². The molecule has 1 aromatic heterocycles. The minimum Gasteiger partial charge on any atom is -0.486 e. The van der Waals surface area contributed by atoms with Crippen LogP contribution in [-0.2, 0) is 17.9 Å². The van der Waals surface area contributed by atoms with Gasteiger partial charge in [-0.05, 0) is 44.7 Å². The van der Waals surface area contributed by atoms with E-state index in [0.29, 0.717) is 25.4 Å². The molecule has 0 bridgehead atoms. The zero-order chi connectivity index (χ0) is 18.2. The smallest absolute Gasteiger partial charge is 0.234 e. The van der Waals surface area contributed by atoms with Gasteiger partial charge < -0.3 is 10.1 Å². The summed E-state index contributed by atoms with van der Waals surface area (Å²) in [4.78, 5) is 18.5. The molecule has 0 aliphatic rings. The quantitative estimate of drug-likeness (QED) is 0.741. The maximum Gasteiger partial charge on any atom is 0.234 e. The summed E-state index contributed by atoms with van der Waals surface area (Å²) in [6.45, 7) is 8.00. The predicted octanol–water partition coefficient (Wildman–Crippen LogP) is 3.21. The van der Waals surface area contributed by atoms with Gasteiger partial charge in [-0.2, -0.15) is 0 Å². The lowest BCUT2D eigenvalue weighted by atomic mass is 10.3. The highest BCUT2D eigenvalue weighted by molar-refractivity contribution is 7.09. The number of thiazole rings is 1. The fraction of sp³-hybridized carbons (Fsp3) is 0.444. The Hall–Kier alpha value is -1.99. The van der Waals surface area contributed by atoms with Gasteiger partial charge >= 0.3 is 0 Å². The number of hydrogen-bond acceptors (Lipinski definition) is 5. The molecular weight excluding hydrogens is 341 g/mol. The SMILES string of the molecule is CCN(CC(=O)NC(C)C)Cc1csc(COc2ccc(F)cc2)n1. The topological polar surface area (TPSA) is 54.5 Å². The minimum atomic E-state index is -0.287. The molecule has 2 aromatic rings. The number of benzene rings is 1. The number of nitrogens with zero attached hydrogens (tertiary/aromatic N) is 2. The number of hydrogen-bond donors (Lipinski definition) is 1. The van der Waals surface area contributed by atoms with Gasteiger partial charge in [0.25, 0.3) is 0 Å². The Balaban J connectivity index is 1.84. The first-order chi connectivity index (χ1) is 12.0. The maximum absolute atomic E-state index is 12.9. The van der Waals surface area contributed by atoms with Crippen molar-refractivity contribution in [1.82, 2.24) is 15.2 Å². The number of carbonyl (C=O) groups is 1. The Morgan fingerprint density at radius 3 is 2.72 bits per heavy atom. The molecule has 0 aliphatic heterocycles. The Labute approximate surface area is 151 Å². The number of rotatable bonds is 9. The molecule has 0 aliphatic carbocycles. The highest BCUT2D eigenvalue weighted by Crippen LogP contribution is 2.16. The molecule has 0 saturated heterocycles. The van der Waals surface area contributed by atoms with Crippen molar-refractivity contribution < 1.29 is 13.9 Å². The fourth-order valence-electron chi connectivity index (χ4n) is 2.24. The van der Waals surface area contributed by atoms with Crippen molar-refractivity contribution >= 4 is 17.2 Å². The van der Waals surface area contributed by atoms with E-state index in [-0.39, 0.29) is 17.8 Å². The van der Waals surface area contributed by atoms with Gasteiger partial charge in [-0.15, -0.1) is 11.3 Å². The van der Waals surface area contributed by atoms with Gasteiger partial charge in [0.1, 0.15) is 23.2 Å². The molecule has 1 N–H and O–H groups in total. The number of likely N-dealkylation sites (N-methyl/N-ethyl adjacent to an activating group) is 1. The summed E-state index contributed by atoms with van der Waals surface area (Å²) < 4.78 is 18.5. The van der Waals surface area contributed by atoms with Crippen LogP contribution in [0.4, 0.5) is 4.39 Å². The lowest BCUT2D eigenvalue weighted by Crippen LogP contribution is -2.39. The average molecular weight is 365 g/mol. The van der Waals surface area contributed by atoms with E-state index in [9.17, 15) is 9.18 Å². The third-order valence-corrected chi connectivity index (χ3v) is 4.30. The Morgan fingerprint density at radius 2 is 2.08 bits per heavy atom. The van der Waals surface area contributed by atoms with Crippen LogP contribution in [-0.4, -0.2) is 34.9 Å².